The maximum Gasteiger partial charge on any atom is 0.126 e. The molecule has 0 radical (unpaired) electrons. The molecule has 0 bridgehead atoms. The zero-order chi connectivity index (χ0) is 22.2. The Kier molecular flexibility index (Phi) is 6.73. The lowest BCUT2D eigenvalue weighted by Gasteiger charge is -2.26. The molecule has 0 heterocycles. The average molecular weight is 423 g/mol. The van der Waals surface area contributed by atoms with Gasteiger partial charge in [0.2, 0.25) is 0 Å². The van der Waals surface area contributed by atoms with E-state index < -0.39 is 0 Å². The summed E-state index contributed by atoms with van der Waals surface area (Å²) in [4.78, 5) is 0. The van der Waals surface area contributed by atoms with Gasteiger partial charge in [0.05, 0.1) is 25.6 Å². The first-order valence-electron chi connectivity index (χ1n) is 10.4. The van der Waals surface area contributed by atoms with Gasteiger partial charge in [-0.15, -0.1) is 0 Å². The van der Waals surface area contributed by atoms with Gasteiger partial charge in [-0.3, -0.25) is 5.01 Å². The molecule has 0 saturated heterocycles. The molecule has 160 valence electrons. The maximum atomic E-state index is 5.67. The van der Waals surface area contributed by atoms with E-state index in [0.29, 0.717) is 0 Å². The Balaban J connectivity index is 1.84. The molecule has 4 nitrogen and oxygen atoms in total. The summed E-state index contributed by atoms with van der Waals surface area (Å²) in [7, 11) is 3.37. The van der Waals surface area contributed by atoms with Crippen LogP contribution in [0.3, 0.4) is 0 Å². The van der Waals surface area contributed by atoms with E-state index in [9.17, 15) is 0 Å². The zero-order valence-electron chi connectivity index (χ0n) is 18.2. The predicted molar refractivity (Wildman–Crippen MR) is 131 cm³/mol. The molecule has 0 saturated carbocycles. The van der Waals surface area contributed by atoms with E-state index in [1.54, 1.807) is 14.2 Å². The number of para-hydroxylation sites is 4. The lowest BCUT2D eigenvalue weighted by Crippen LogP contribution is -2.29. The monoisotopic (exact) mass is 422 g/mol. The first-order valence-corrected chi connectivity index (χ1v) is 10.4. The highest BCUT2D eigenvalue weighted by Crippen LogP contribution is 2.35. The number of hydrazine groups is 1. The smallest absolute Gasteiger partial charge is 0.126 e. The van der Waals surface area contributed by atoms with E-state index in [1.165, 1.54) is 0 Å². The highest BCUT2D eigenvalue weighted by atomic mass is 16.5. The van der Waals surface area contributed by atoms with Crippen molar-refractivity contribution >= 4 is 16.9 Å². The van der Waals surface area contributed by atoms with Gasteiger partial charge in [-0.1, -0.05) is 72.8 Å². The summed E-state index contributed by atoms with van der Waals surface area (Å²) < 4.78 is 11.3. The van der Waals surface area contributed by atoms with Gasteiger partial charge in [0.25, 0.3) is 0 Å². The number of benzene rings is 4. The molecule has 32 heavy (non-hydrogen) atoms. The summed E-state index contributed by atoms with van der Waals surface area (Å²) in [5.41, 5.74) is 8.44. The molecule has 4 aromatic rings. The van der Waals surface area contributed by atoms with Crippen LogP contribution in [0.4, 0.5) is 11.4 Å². The van der Waals surface area contributed by atoms with Gasteiger partial charge in [-0.05, 0) is 36.4 Å². The molecule has 0 unspecified atom stereocenters. The number of anilines is 2. The van der Waals surface area contributed by atoms with Crippen LogP contribution >= 0.6 is 0 Å². The highest BCUT2D eigenvalue weighted by Gasteiger charge is 2.16. The van der Waals surface area contributed by atoms with Crippen molar-refractivity contribution in [3.05, 3.63) is 127 Å². The third-order valence-corrected chi connectivity index (χ3v) is 5.16. The number of nitrogens with zero attached hydrogens (tertiary/aromatic N) is 1. The fourth-order valence-corrected chi connectivity index (χ4v) is 3.62. The zero-order valence-corrected chi connectivity index (χ0v) is 18.2. The van der Waals surface area contributed by atoms with E-state index in [2.05, 4.69) is 29.7 Å². The van der Waals surface area contributed by atoms with Crippen molar-refractivity contribution in [3.63, 3.8) is 0 Å². The van der Waals surface area contributed by atoms with Crippen LogP contribution in [0.15, 0.2) is 115 Å². The molecular weight excluding hydrogens is 396 g/mol. The van der Waals surface area contributed by atoms with Crippen LogP contribution in [0.5, 0.6) is 11.5 Å². The number of rotatable bonds is 8. The number of ether oxygens (including phenoxy) is 2. The molecule has 1 N–H and O–H groups in total. The number of methoxy groups -OCH3 is 2. The van der Waals surface area contributed by atoms with E-state index in [0.717, 1.165) is 39.6 Å². The van der Waals surface area contributed by atoms with Crippen molar-refractivity contribution < 1.29 is 9.47 Å². The van der Waals surface area contributed by atoms with E-state index in [1.807, 2.05) is 96.1 Å². The topological polar surface area (TPSA) is 33.7 Å². The van der Waals surface area contributed by atoms with Crippen molar-refractivity contribution in [1.29, 1.82) is 0 Å². The van der Waals surface area contributed by atoms with Gasteiger partial charge in [0, 0.05) is 22.9 Å². The maximum absolute atomic E-state index is 5.67. The van der Waals surface area contributed by atoms with Crippen molar-refractivity contribution in [2.24, 2.45) is 0 Å². The lowest BCUT2D eigenvalue weighted by molar-refractivity contribution is 0.411. The lowest BCUT2D eigenvalue weighted by atomic mass is 9.97. The fourth-order valence-electron chi connectivity index (χ4n) is 3.62. The molecule has 0 aliphatic heterocycles. The van der Waals surface area contributed by atoms with Crippen molar-refractivity contribution in [1.82, 2.24) is 5.43 Å². The summed E-state index contributed by atoms with van der Waals surface area (Å²) in [6.45, 7) is 0. The standard InChI is InChI=1S/C28H26N2O2/c1-31-27-19-11-9-17-24(27)26(25-18-10-12-20-28(25)32-2)21-29-30(22-13-5-3-6-14-22)23-15-7-4-8-16-23/h3-21,29H,1-2H3. The summed E-state index contributed by atoms with van der Waals surface area (Å²) in [5.74, 6) is 1.58. The Hall–Kier alpha value is -4.18. The van der Waals surface area contributed by atoms with Crippen LogP contribution in [0, 0.1) is 0 Å². The SMILES string of the molecule is COc1ccccc1C(=CNN(c1ccccc1)c1ccccc1)c1ccccc1OC. The molecule has 0 aromatic heterocycles. The Labute approximate surface area is 189 Å². The summed E-state index contributed by atoms with van der Waals surface area (Å²) in [6, 6.07) is 36.4. The average Bonchev–Trinajstić information content (AvgIpc) is 2.88. The molecular formula is C28H26N2O2. The van der Waals surface area contributed by atoms with E-state index in [4.69, 9.17) is 9.47 Å². The molecule has 0 aliphatic carbocycles. The minimum absolute atomic E-state index is 0.789. The third kappa shape index (κ3) is 4.60. The van der Waals surface area contributed by atoms with Gasteiger partial charge in [0.1, 0.15) is 11.5 Å². The van der Waals surface area contributed by atoms with Gasteiger partial charge >= 0.3 is 0 Å². The quantitative estimate of drug-likeness (QED) is 0.332. The second-order valence-corrected chi connectivity index (χ2v) is 7.09. The predicted octanol–water partition coefficient (Wildman–Crippen LogP) is 6.44. The Morgan fingerprint density at radius 2 is 1.00 bits per heavy atom. The van der Waals surface area contributed by atoms with Crippen LogP contribution < -0.4 is 19.9 Å². The first-order chi connectivity index (χ1) is 15.8. The molecule has 0 atom stereocenters. The van der Waals surface area contributed by atoms with Gasteiger partial charge in [-0.2, -0.15) is 0 Å². The molecule has 0 spiro atoms. The first kappa shape index (κ1) is 21.1. The number of hydrogen-bond acceptors (Lipinski definition) is 4. The number of hydrogen-bond donors (Lipinski definition) is 1. The summed E-state index contributed by atoms with van der Waals surface area (Å²) in [6.07, 6.45) is 2.00. The van der Waals surface area contributed by atoms with Crippen molar-refractivity contribution in [3.8, 4) is 11.5 Å². The molecule has 4 aromatic carbocycles. The van der Waals surface area contributed by atoms with Gasteiger partial charge in [0.15, 0.2) is 0 Å². The largest absolute Gasteiger partial charge is 0.496 e. The number of nitrogens with one attached hydrogen (secondary N) is 1. The molecule has 0 fully saturated rings. The molecule has 4 heteroatoms. The Morgan fingerprint density at radius 1 is 0.594 bits per heavy atom. The minimum atomic E-state index is 0.789. The van der Waals surface area contributed by atoms with Crippen LogP contribution in [0.25, 0.3) is 5.57 Å². The van der Waals surface area contributed by atoms with Crippen LogP contribution in [-0.2, 0) is 0 Å². The van der Waals surface area contributed by atoms with Crippen LogP contribution in [-0.4, -0.2) is 14.2 Å². The van der Waals surface area contributed by atoms with Gasteiger partial charge < -0.3 is 14.9 Å². The fraction of sp³-hybridized carbons (Fsp3) is 0.0714. The van der Waals surface area contributed by atoms with Crippen LogP contribution in [0.2, 0.25) is 0 Å². The minimum Gasteiger partial charge on any atom is -0.496 e. The second-order valence-electron chi connectivity index (χ2n) is 7.09. The summed E-state index contributed by atoms with van der Waals surface area (Å²) >= 11 is 0. The normalized spacial score (nSPS) is 10.2. The van der Waals surface area contributed by atoms with Gasteiger partial charge in [-0.25, -0.2) is 0 Å². The van der Waals surface area contributed by atoms with Crippen molar-refractivity contribution in [2.75, 3.05) is 19.2 Å². The molecule has 4 rings (SSSR count). The van der Waals surface area contributed by atoms with Crippen molar-refractivity contribution in [2.45, 2.75) is 0 Å². The second kappa shape index (κ2) is 10.2. The third-order valence-electron chi connectivity index (χ3n) is 5.16. The van der Waals surface area contributed by atoms with Crippen LogP contribution in [0.1, 0.15) is 11.1 Å². The highest BCUT2D eigenvalue weighted by molar-refractivity contribution is 5.85. The molecule has 0 aliphatic rings. The summed E-state index contributed by atoms with van der Waals surface area (Å²) in [5, 5.41) is 2.05. The van der Waals surface area contributed by atoms with E-state index >= 15 is 0 Å². The Morgan fingerprint density at radius 3 is 1.44 bits per heavy atom. The van der Waals surface area contributed by atoms with E-state index in [-0.39, 0.29) is 0 Å². The molecule has 0 amide bonds. The Bertz CT molecular complexity index is 1090.